The highest BCUT2D eigenvalue weighted by Crippen LogP contribution is 2.14. The van der Waals surface area contributed by atoms with E-state index in [0.29, 0.717) is 13.2 Å². The van der Waals surface area contributed by atoms with E-state index in [0.717, 1.165) is 31.4 Å². The topological polar surface area (TPSA) is 87.7 Å². The molecule has 0 unspecified atom stereocenters. The number of amides is 2. The number of hydrogen-bond donors (Lipinski definition) is 3. The molecule has 1 rings (SSSR count). The molecular weight excluding hydrogens is 279 g/mol. The van der Waals surface area contributed by atoms with Crippen LogP contribution in [0.1, 0.15) is 29.6 Å². The van der Waals surface area contributed by atoms with E-state index >= 15 is 0 Å². The Morgan fingerprint density at radius 1 is 1.29 bits per heavy atom. The third-order valence-electron chi connectivity index (χ3n) is 2.77. The van der Waals surface area contributed by atoms with E-state index in [4.69, 9.17) is 9.84 Å². The number of aromatic carboxylic acids is 1. The summed E-state index contributed by atoms with van der Waals surface area (Å²) in [6.07, 6.45) is 2.70. The molecule has 0 saturated heterocycles. The molecule has 0 spiro atoms. The summed E-state index contributed by atoms with van der Waals surface area (Å²) in [5.41, 5.74) is -0.228. The minimum absolute atomic E-state index is 0.203. The van der Waals surface area contributed by atoms with Gasteiger partial charge in [-0.3, -0.25) is 0 Å². The monoisotopic (exact) mass is 298 g/mol. The zero-order valence-corrected chi connectivity index (χ0v) is 11.8. The van der Waals surface area contributed by atoms with Gasteiger partial charge < -0.3 is 20.5 Å². The summed E-state index contributed by atoms with van der Waals surface area (Å²) in [5.74, 6) is -2.24. The lowest BCUT2D eigenvalue weighted by molar-refractivity contribution is 0.0692. The summed E-state index contributed by atoms with van der Waals surface area (Å²) in [4.78, 5) is 22.2. The first-order valence-electron chi connectivity index (χ1n) is 6.61. The van der Waals surface area contributed by atoms with Gasteiger partial charge in [-0.25, -0.2) is 14.0 Å². The molecule has 116 valence electrons. The van der Waals surface area contributed by atoms with Crippen molar-refractivity contribution in [3.63, 3.8) is 0 Å². The van der Waals surface area contributed by atoms with Crippen LogP contribution >= 0.6 is 0 Å². The zero-order valence-electron chi connectivity index (χ0n) is 11.8. The quantitative estimate of drug-likeness (QED) is 0.643. The van der Waals surface area contributed by atoms with Crippen molar-refractivity contribution in [3.8, 4) is 0 Å². The lowest BCUT2D eigenvalue weighted by Crippen LogP contribution is -2.29. The second-order valence-electron chi connectivity index (χ2n) is 4.43. The van der Waals surface area contributed by atoms with E-state index in [1.165, 1.54) is 6.07 Å². The minimum Gasteiger partial charge on any atom is -0.478 e. The van der Waals surface area contributed by atoms with Gasteiger partial charge in [-0.1, -0.05) is 0 Å². The molecule has 21 heavy (non-hydrogen) atoms. The van der Waals surface area contributed by atoms with Crippen LogP contribution in [0.5, 0.6) is 0 Å². The first kappa shape index (κ1) is 16.9. The van der Waals surface area contributed by atoms with Crippen molar-refractivity contribution in [2.45, 2.75) is 19.3 Å². The number of carbonyl (C=O) groups is 2. The second-order valence-corrected chi connectivity index (χ2v) is 4.43. The maximum atomic E-state index is 13.4. The third-order valence-corrected chi connectivity index (χ3v) is 2.77. The van der Waals surface area contributed by atoms with Crippen molar-refractivity contribution in [2.75, 3.05) is 25.6 Å². The molecule has 6 nitrogen and oxygen atoms in total. The molecule has 0 fully saturated rings. The molecule has 0 heterocycles. The van der Waals surface area contributed by atoms with Gasteiger partial charge in [0, 0.05) is 25.9 Å². The molecule has 1 aromatic carbocycles. The van der Waals surface area contributed by atoms with Crippen LogP contribution in [0, 0.1) is 5.82 Å². The number of methoxy groups -OCH3 is 1. The maximum Gasteiger partial charge on any atom is 0.338 e. The Hall–Kier alpha value is -2.15. The maximum absolute atomic E-state index is 13.4. The molecule has 3 N–H and O–H groups in total. The third kappa shape index (κ3) is 6.22. The number of carboxylic acids is 1. The van der Waals surface area contributed by atoms with E-state index in [2.05, 4.69) is 10.6 Å². The molecule has 0 atom stereocenters. The van der Waals surface area contributed by atoms with Crippen LogP contribution in [-0.4, -0.2) is 37.4 Å². The highest BCUT2D eigenvalue weighted by atomic mass is 19.1. The molecule has 1 aromatic rings. The molecule has 0 aliphatic heterocycles. The van der Waals surface area contributed by atoms with Crippen LogP contribution in [-0.2, 0) is 4.74 Å². The van der Waals surface area contributed by atoms with Crippen LogP contribution < -0.4 is 10.6 Å². The molecule has 2 amide bonds. The fourth-order valence-electron chi connectivity index (χ4n) is 1.69. The molecule has 0 radical (unpaired) electrons. The highest BCUT2D eigenvalue weighted by Gasteiger charge is 2.11. The number of rotatable bonds is 8. The van der Waals surface area contributed by atoms with Crippen molar-refractivity contribution < 1.29 is 23.8 Å². The predicted molar refractivity (Wildman–Crippen MR) is 76.1 cm³/mol. The summed E-state index contributed by atoms with van der Waals surface area (Å²) in [7, 11) is 1.64. The van der Waals surface area contributed by atoms with Gasteiger partial charge in [-0.2, -0.15) is 0 Å². The van der Waals surface area contributed by atoms with E-state index in [1.54, 1.807) is 7.11 Å². The number of halogens is 1. The predicted octanol–water partition coefficient (Wildman–Crippen LogP) is 2.46. The number of anilines is 1. The molecule has 0 saturated carbocycles. The Morgan fingerprint density at radius 3 is 2.67 bits per heavy atom. The molecule has 7 heteroatoms. The first-order valence-corrected chi connectivity index (χ1v) is 6.61. The summed E-state index contributed by atoms with van der Waals surface area (Å²) in [6, 6.07) is 2.97. The molecule has 0 bridgehead atoms. The van der Waals surface area contributed by atoms with E-state index < -0.39 is 23.4 Å². The summed E-state index contributed by atoms with van der Waals surface area (Å²) in [5, 5.41) is 13.8. The van der Waals surface area contributed by atoms with Crippen molar-refractivity contribution in [1.29, 1.82) is 0 Å². The Labute approximate surface area is 122 Å². The van der Waals surface area contributed by atoms with Crippen LogP contribution in [0.25, 0.3) is 0 Å². The second kappa shape index (κ2) is 8.91. The van der Waals surface area contributed by atoms with E-state index in [-0.39, 0.29) is 5.69 Å². The number of unbranched alkanes of at least 4 members (excludes halogenated alkanes) is 2. The first-order chi connectivity index (χ1) is 10.0. The number of carbonyl (C=O) groups excluding carboxylic acids is 1. The Morgan fingerprint density at radius 2 is 2.05 bits per heavy atom. The molecule has 0 aliphatic carbocycles. The van der Waals surface area contributed by atoms with Gasteiger partial charge in [0.15, 0.2) is 0 Å². The number of carboxylic acid groups (broad SMARTS) is 1. The Kier molecular flexibility index (Phi) is 7.17. The van der Waals surface area contributed by atoms with Crippen molar-refractivity contribution in [2.24, 2.45) is 0 Å². The largest absolute Gasteiger partial charge is 0.478 e. The van der Waals surface area contributed by atoms with Gasteiger partial charge in [0.2, 0.25) is 0 Å². The fraction of sp³-hybridized carbons (Fsp3) is 0.429. The number of ether oxygens (including phenoxy) is 1. The summed E-state index contributed by atoms with van der Waals surface area (Å²) in [6.45, 7) is 1.20. The van der Waals surface area contributed by atoms with E-state index in [1.807, 2.05) is 0 Å². The minimum atomic E-state index is -1.35. The number of nitrogens with one attached hydrogen (secondary N) is 2. The van der Waals surface area contributed by atoms with Gasteiger partial charge >= 0.3 is 12.0 Å². The van der Waals surface area contributed by atoms with Crippen molar-refractivity contribution in [1.82, 2.24) is 5.32 Å². The zero-order chi connectivity index (χ0) is 15.7. The normalized spacial score (nSPS) is 10.2. The lowest BCUT2D eigenvalue weighted by Gasteiger charge is -2.08. The van der Waals surface area contributed by atoms with Crippen LogP contribution in [0.2, 0.25) is 0 Å². The van der Waals surface area contributed by atoms with Crippen LogP contribution in [0.4, 0.5) is 14.9 Å². The van der Waals surface area contributed by atoms with Crippen LogP contribution in [0.3, 0.4) is 0 Å². The lowest BCUT2D eigenvalue weighted by atomic mass is 10.2. The summed E-state index contributed by atoms with van der Waals surface area (Å²) < 4.78 is 18.3. The average molecular weight is 298 g/mol. The van der Waals surface area contributed by atoms with Gasteiger partial charge in [0.1, 0.15) is 5.82 Å². The van der Waals surface area contributed by atoms with Gasteiger partial charge in [0.25, 0.3) is 0 Å². The number of benzene rings is 1. The van der Waals surface area contributed by atoms with Crippen LogP contribution in [0.15, 0.2) is 18.2 Å². The number of urea groups is 1. The summed E-state index contributed by atoms with van der Waals surface area (Å²) >= 11 is 0. The highest BCUT2D eigenvalue weighted by molar-refractivity contribution is 5.91. The SMILES string of the molecule is COCCCCCNC(=O)Nc1ccc(C(=O)O)c(F)c1. The van der Waals surface area contributed by atoms with Gasteiger partial charge in [-0.15, -0.1) is 0 Å². The average Bonchev–Trinajstić information content (AvgIpc) is 2.42. The van der Waals surface area contributed by atoms with Crippen molar-refractivity contribution in [3.05, 3.63) is 29.6 Å². The van der Waals surface area contributed by atoms with Gasteiger partial charge in [0.05, 0.1) is 5.56 Å². The van der Waals surface area contributed by atoms with Gasteiger partial charge in [-0.05, 0) is 37.5 Å². The molecular formula is C14H19FN2O4. The number of hydrogen-bond acceptors (Lipinski definition) is 3. The van der Waals surface area contributed by atoms with Crippen molar-refractivity contribution >= 4 is 17.7 Å². The molecule has 0 aliphatic rings. The smallest absolute Gasteiger partial charge is 0.338 e. The fourth-order valence-corrected chi connectivity index (χ4v) is 1.69. The Bertz CT molecular complexity index is 494. The Balaban J connectivity index is 2.34. The van der Waals surface area contributed by atoms with E-state index in [9.17, 15) is 14.0 Å². The molecule has 0 aromatic heterocycles. The standard InChI is InChI=1S/C14H19FN2O4/c1-21-8-4-2-3-7-16-14(20)17-10-5-6-11(13(18)19)12(15)9-10/h5-6,9H,2-4,7-8H2,1H3,(H,18,19)(H2,16,17,20).